The highest BCUT2D eigenvalue weighted by molar-refractivity contribution is 9.11. The van der Waals surface area contributed by atoms with Gasteiger partial charge < -0.3 is 10.6 Å². The summed E-state index contributed by atoms with van der Waals surface area (Å²) in [5.74, 6) is -0.220. The Balaban J connectivity index is 2.44. The van der Waals surface area contributed by atoms with Gasteiger partial charge in [0, 0.05) is 34.8 Å². The number of piperazine rings is 1. The Morgan fingerprint density at radius 2 is 1.75 bits per heavy atom. The van der Waals surface area contributed by atoms with E-state index >= 15 is 0 Å². The van der Waals surface area contributed by atoms with Crippen LogP contribution in [0.2, 0.25) is 0 Å². The zero-order valence-electron chi connectivity index (χ0n) is 10.6. The molecule has 2 rings (SSSR count). The zero-order valence-corrected chi connectivity index (χ0v) is 14.6. The SMILES string of the molecule is CN1CCN(S(=O)(=O)c2c(Br)cc(N)cc2Br)CC1=O. The number of rotatable bonds is 2. The first-order valence-corrected chi connectivity index (χ1v) is 8.74. The van der Waals surface area contributed by atoms with Crippen LogP contribution < -0.4 is 5.73 Å². The number of benzene rings is 1. The second-order valence-electron chi connectivity index (χ2n) is 4.47. The lowest BCUT2D eigenvalue weighted by Gasteiger charge is -2.31. The minimum atomic E-state index is -3.76. The summed E-state index contributed by atoms with van der Waals surface area (Å²) >= 11 is 6.43. The average Bonchev–Trinajstić information content (AvgIpc) is 2.30. The van der Waals surface area contributed by atoms with Crippen LogP contribution in [-0.4, -0.2) is 50.2 Å². The second kappa shape index (κ2) is 5.63. The fraction of sp³-hybridized carbons (Fsp3) is 0.364. The molecule has 1 aliphatic rings. The topological polar surface area (TPSA) is 83.7 Å². The van der Waals surface area contributed by atoms with Crippen LogP contribution in [0.15, 0.2) is 26.0 Å². The van der Waals surface area contributed by atoms with Gasteiger partial charge in [0.25, 0.3) is 0 Å². The maximum Gasteiger partial charge on any atom is 0.245 e. The number of nitrogens with two attached hydrogens (primary N) is 1. The molecule has 0 unspecified atom stereocenters. The van der Waals surface area contributed by atoms with Crippen LogP contribution in [-0.2, 0) is 14.8 Å². The number of amides is 1. The first kappa shape index (κ1) is 15.7. The fourth-order valence-corrected chi connectivity index (χ4v) is 5.82. The Morgan fingerprint density at radius 3 is 2.25 bits per heavy atom. The maximum absolute atomic E-state index is 12.6. The van der Waals surface area contributed by atoms with Crippen molar-refractivity contribution < 1.29 is 13.2 Å². The van der Waals surface area contributed by atoms with E-state index in [1.165, 1.54) is 21.3 Å². The van der Waals surface area contributed by atoms with E-state index < -0.39 is 10.0 Å². The van der Waals surface area contributed by atoms with Gasteiger partial charge >= 0.3 is 0 Å². The highest BCUT2D eigenvalue weighted by Gasteiger charge is 2.34. The van der Waals surface area contributed by atoms with Crippen molar-refractivity contribution in [2.24, 2.45) is 0 Å². The van der Waals surface area contributed by atoms with Gasteiger partial charge in [0.2, 0.25) is 15.9 Å². The molecule has 0 saturated carbocycles. The molecule has 1 aromatic carbocycles. The first-order chi connectivity index (χ1) is 9.23. The van der Waals surface area contributed by atoms with Gasteiger partial charge in [-0.05, 0) is 44.0 Å². The summed E-state index contributed by atoms with van der Waals surface area (Å²) in [5.41, 5.74) is 6.10. The molecule has 0 bridgehead atoms. The largest absolute Gasteiger partial charge is 0.399 e. The summed E-state index contributed by atoms with van der Waals surface area (Å²) in [5, 5.41) is 0. The van der Waals surface area contributed by atoms with E-state index in [1.54, 1.807) is 7.05 Å². The van der Waals surface area contributed by atoms with E-state index in [1.807, 2.05) is 0 Å². The summed E-state index contributed by atoms with van der Waals surface area (Å²) in [7, 11) is -2.11. The lowest BCUT2D eigenvalue weighted by atomic mass is 10.3. The van der Waals surface area contributed by atoms with E-state index in [0.29, 0.717) is 21.2 Å². The molecule has 1 aliphatic heterocycles. The van der Waals surface area contributed by atoms with Crippen LogP contribution in [0.25, 0.3) is 0 Å². The minimum absolute atomic E-state index is 0.0871. The van der Waals surface area contributed by atoms with Crippen molar-refractivity contribution >= 4 is 53.5 Å². The van der Waals surface area contributed by atoms with Gasteiger partial charge in [0.1, 0.15) is 4.90 Å². The number of nitrogen functional groups attached to an aromatic ring is 1. The number of halogens is 2. The van der Waals surface area contributed by atoms with Crippen LogP contribution in [0.4, 0.5) is 5.69 Å². The predicted octanol–water partition coefficient (Wildman–Crippen LogP) is 1.26. The molecule has 0 radical (unpaired) electrons. The Labute approximate surface area is 134 Å². The second-order valence-corrected chi connectivity index (χ2v) is 8.05. The third-order valence-electron chi connectivity index (χ3n) is 3.04. The third-order valence-corrected chi connectivity index (χ3v) is 6.76. The zero-order chi connectivity index (χ0) is 15.1. The Hall–Kier alpha value is -0.640. The van der Waals surface area contributed by atoms with Gasteiger partial charge in [-0.15, -0.1) is 0 Å². The lowest BCUT2D eigenvalue weighted by molar-refractivity contribution is -0.132. The number of carbonyl (C=O) groups excluding carboxylic acids is 1. The van der Waals surface area contributed by atoms with E-state index in [2.05, 4.69) is 31.9 Å². The standard InChI is InChI=1S/C11H13Br2N3O3S/c1-15-2-3-16(6-10(15)17)20(18,19)11-8(12)4-7(14)5-9(11)13/h4-5H,2-3,6,14H2,1H3. The predicted molar refractivity (Wildman–Crippen MR) is 82.7 cm³/mol. The average molecular weight is 427 g/mol. The Kier molecular flexibility index (Phi) is 4.43. The van der Waals surface area contributed by atoms with Crippen molar-refractivity contribution in [3.8, 4) is 0 Å². The van der Waals surface area contributed by atoms with Crippen LogP contribution in [0.1, 0.15) is 0 Å². The summed E-state index contributed by atoms with van der Waals surface area (Å²) in [6, 6.07) is 3.05. The monoisotopic (exact) mass is 425 g/mol. The normalized spacial score (nSPS) is 17.6. The molecule has 0 atom stereocenters. The molecule has 110 valence electrons. The van der Waals surface area contributed by atoms with Gasteiger partial charge in [-0.25, -0.2) is 8.42 Å². The van der Waals surface area contributed by atoms with E-state index in [0.717, 1.165) is 0 Å². The highest BCUT2D eigenvalue weighted by atomic mass is 79.9. The summed E-state index contributed by atoms with van der Waals surface area (Å²) in [6.07, 6.45) is 0. The number of hydrogen-bond donors (Lipinski definition) is 1. The number of likely N-dealkylation sites (N-methyl/N-ethyl adjacent to an activating group) is 1. The van der Waals surface area contributed by atoms with Crippen molar-refractivity contribution in [2.45, 2.75) is 4.90 Å². The molecule has 0 spiro atoms. The van der Waals surface area contributed by atoms with Crippen LogP contribution >= 0.6 is 31.9 Å². The van der Waals surface area contributed by atoms with Crippen molar-refractivity contribution in [3.63, 3.8) is 0 Å². The molecular formula is C11H13Br2N3O3S. The molecule has 1 fully saturated rings. The molecule has 1 saturated heterocycles. The van der Waals surface area contributed by atoms with Gasteiger partial charge in [-0.1, -0.05) is 0 Å². The summed E-state index contributed by atoms with van der Waals surface area (Å²) < 4.78 is 27.2. The number of sulfonamides is 1. The molecule has 0 aliphatic carbocycles. The van der Waals surface area contributed by atoms with Crippen LogP contribution in [0, 0.1) is 0 Å². The highest BCUT2D eigenvalue weighted by Crippen LogP contribution is 2.34. The number of nitrogens with zero attached hydrogens (tertiary/aromatic N) is 2. The fourth-order valence-electron chi connectivity index (χ4n) is 1.90. The quantitative estimate of drug-likeness (QED) is 0.721. The van der Waals surface area contributed by atoms with Gasteiger partial charge in [0.05, 0.1) is 6.54 Å². The van der Waals surface area contributed by atoms with Crippen molar-refractivity contribution in [3.05, 3.63) is 21.1 Å². The summed E-state index contributed by atoms with van der Waals surface area (Å²) in [6.45, 7) is 0.498. The van der Waals surface area contributed by atoms with E-state index in [9.17, 15) is 13.2 Å². The van der Waals surface area contributed by atoms with Crippen molar-refractivity contribution in [2.75, 3.05) is 32.4 Å². The number of carbonyl (C=O) groups is 1. The molecule has 1 aromatic rings. The molecule has 2 N–H and O–H groups in total. The number of hydrogen-bond acceptors (Lipinski definition) is 4. The molecule has 20 heavy (non-hydrogen) atoms. The minimum Gasteiger partial charge on any atom is -0.399 e. The van der Waals surface area contributed by atoms with E-state index in [-0.39, 0.29) is 23.9 Å². The Bertz CT molecular complexity index is 640. The van der Waals surface area contributed by atoms with Gasteiger partial charge in [-0.3, -0.25) is 4.79 Å². The number of anilines is 1. The van der Waals surface area contributed by atoms with Crippen LogP contribution in [0.3, 0.4) is 0 Å². The third kappa shape index (κ3) is 2.85. The first-order valence-electron chi connectivity index (χ1n) is 5.72. The molecule has 9 heteroatoms. The van der Waals surface area contributed by atoms with Crippen molar-refractivity contribution in [1.82, 2.24) is 9.21 Å². The smallest absolute Gasteiger partial charge is 0.245 e. The molecular weight excluding hydrogens is 414 g/mol. The van der Waals surface area contributed by atoms with Gasteiger partial charge in [-0.2, -0.15) is 4.31 Å². The van der Waals surface area contributed by atoms with Crippen LogP contribution in [0.5, 0.6) is 0 Å². The molecule has 1 heterocycles. The lowest BCUT2D eigenvalue weighted by Crippen LogP contribution is -2.50. The van der Waals surface area contributed by atoms with Gasteiger partial charge in [0.15, 0.2) is 0 Å². The Morgan fingerprint density at radius 1 is 1.20 bits per heavy atom. The molecule has 6 nitrogen and oxygen atoms in total. The van der Waals surface area contributed by atoms with Crippen molar-refractivity contribution in [1.29, 1.82) is 0 Å². The summed E-state index contributed by atoms with van der Waals surface area (Å²) in [4.78, 5) is 13.3. The maximum atomic E-state index is 12.6. The van der Waals surface area contributed by atoms with E-state index in [4.69, 9.17) is 5.73 Å². The molecule has 0 aromatic heterocycles. The molecule has 1 amide bonds.